The van der Waals surface area contributed by atoms with Crippen LogP contribution >= 0.6 is 15.9 Å². The highest BCUT2D eigenvalue weighted by molar-refractivity contribution is 9.10. The summed E-state index contributed by atoms with van der Waals surface area (Å²) in [4.78, 5) is 21.9. The molecule has 0 saturated heterocycles. The Morgan fingerprint density at radius 3 is 2.60 bits per heavy atom. The number of nitrogen functional groups attached to an aromatic ring is 1. The van der Waals surface area contributed by atoms with E-state index in [9.17, 15) is 9.59 Å². The molecule has 0 heterocycles. The lowest BCUT2D eigenvalue weighted by molar-refractivity contribution is -0.117. The summed E-state index contributed by atoms with van der Waals surface area (Å²) in [5, 5.41) is 2.37. The number of amides is 2. The van der Waals surface area contributed by atoms with E-state index in [4.69, 9.17) is 11.5 Å². The lowest BCUT2D eigenvalue weighted by Crippen LogP contribution is -2.33. The summed E-state index contributed by atoms with van der Waals surface area (Å²) in [5.74, 6) is -0.952. The van der Waals surface area contributed by atoms with Crippen LogP contribution in [-0.2, 0) is 4.79 Å². The molecular weight excluding hydrogens is 262 g/mol. The van der Waals surface area contributed by atoms with Crippen LogP contribution in [0, 0.1) is 0 Å². The highest BCUT2D eigenvalue weighted by Crippen LogP contribution is 2.20. The summed E-state index contributed by atoms with van der Waals surface area (Å²) in [7, 11) is 0. The van der Waals surface area contributed by atoms with Crippen LogP contribution in [0.4, 0.5) is 5.69 Å². The van der Waals surface area contributed by atoms with Gasteiger partial charge in [0, 0.05) is 15.7 Å². The van der Waals surface area contributed by atoms with E-state index in [1.54, 1.807) is 18.2 Å². The number of nitrogens with two attached hydrogens (primary N) is 2. The van der Waals surface area contributed by atoms with Crippen molar-refractivity contribution in [1.29, 1.82) is 0 Å². The predicted octanol–water partition coefficient (Wildman–Crippen LogP) is 0.246. The van der Waals surface area contributed by atoms with Crippen LogP contribution in [0.1, 0.15) is 10.4 Å². The first-order valence-corrected chi connectivity index (χ1v) is 4.91. The first kappa shape index (κ1) is 11.5. The van der Waals surface area contributed by atoms with Gasteiger partial charge in [0.05, 0.1) is 6.54 Å². The van der Waals surface area contributed by atoms with E-state index in [1.807, 2.05) is 0 Å². The van der Waals surface area contributed by atoms with Crippen molar-refractivity contribution >= 4 is 33.4 Å². The summed E-state index contributed by atoms with van der Waals surface area (Å²) in [5.41, 5.74) is 11.4. The number of primary amides is 1. The third-order valence-electron chi connectivity index (χ3n) is 1.69. The van der Waals surface area contributed by atoms with Crippen LogP contribution in [0.3, 0.4) is 0 Å². The van der Waals surface area contributed by atoms with Gasteiger partial charge in [-0.05, 0) is 34.1 Å². The SMILES string of the molecule is NC(=O)CNC(=O)c1ccc(N)c(Br)c1. The van der Waals surface area contributed by atoms with Crippen molar-refractivity contribution in [3.05, 3.63) is 28.2 Å². The highest BCUT2D eigenvalue weighted by Gasteiger charge is 2.07. The Balaban J connectivity index is 2.74. The zero-order chi connectivity index (χ0) is 11.4. The number of benzene rings is 1. The maximum atomic E-state index is 11.4. The molecule has 2 amide bonds. The summed E-state index contributed by atoms with van der Waals surface area (Å²) >= 11 is 3.20. The van der Waals surface area contributed by atoms with E-state index in [1.165, 1.54) is 0 Å². The Morgan fingerprint density at radius 1 is 1.40 bits per heavy atom. The van der Waals surface area contributed by atoms with Gasteiger partial charge in [0.2, 0.25) is 5.91 Å². The minimum absolute atomic E-state index is 0.180. The molecule has 5 nitrogen and oxygen atoms in total. The zero-order valence-corrected chi connectivity index (χ0v) is 9.37. The fraction of sp³-hybridized carbons (Fsp3) is 0.111. The highest BCUT2D eigenvalue weighted by atomic mass is 79.9. The first-order valence-electron chi connectivity index (χ1n) is 4.12. The Labute approximate surface area is 94.9 Å². The van der Waals surface area contributed by atoms with Gasteiger partial charge in [0.25, 0.3) is 5.91 Å². The van der Waals surface area contributed by atoms with Gasteiger partial charge < -0.3 is 16.8 Å². The Morgan fingerprint density at radius 2 is 2.07 bits per heavy atom. The predicted molar refractivity (Wildman–Crippen MR) is 60.1 cm³/mol. The van der Waals surface area contributed by atoms with E-state index in [0.29, 0.717) is 15.7 Å². The molecule has 0 aliphatic heterocycles. The fourth-order valence-corrected chi connectivity index (χ4v) is 1.32. The molecule has 1 aromatic rings. The van der Waals surface area contributed by atoms with Crippen molar-refractivity contribution < 1.29 is 9.59 Å². The molecule has 0 radical (unpaired) electrons. The molecule has 0 aromatic heterocycles. The summed E-state index contributed by atoms with van der Waals surface area (Å²) in [6, 6.07) is 4.74. The van der Waals surface area contributed by atoms with Crippen LogP contribution in [-0.4, -0.2) is 18.4 Å². The quantitative estimate of drug-likeness (QED) is 0.687. The first-order chi connectivity index (χ1) is 7.00. The Hall–Kier alpha value is -1.56. The number of halogens is 1. The second-order valence-corrected chi connectivity index (χ2v) is 3.74. The van der Waals surface area contributed by atoms with Gasteiger partial charge in [0.1, 0.15) is 0 Å². The largest absolute Gasteiger partial charge is 0.398 e. The Kier molecular flexibility index (Phi) is 3.68. The molecule has 0 saturated carbocycles. The Bertz CT molecular complexity index is 406. The number of anilines is 1. The second kappa shape index (κ2) is 4.79. The van der Waals surface area contributed by atoms with Crippen molar-refractivity contribution in [1.82, 2.24) is 5.32 Å². The van der Waals surface area contributed by atoms with E-state index >= 15 is 0 Å². The van der Waals surface area contributed by atoms with Gasteiger partial charge in [-0.3, -0.25) is 9.59 Å². The van der Waals surface area contributed by atoms with Crippen LogP contribution in [0.25, 0.3) is 0 Å². The van der Waals surface area contributed by atoms with Crippen LogP contribution in [0.15, 0.2) is 22.7 Å². The lowest BCUT2D eigenvalue weighted by Gasteiger charge is -2.04. The minimum atomic E-state index is -0.585. The number of nitrogens with one attached hydrogen (secondary N) is 1. The molecule has 0 atom stereocenters. The number of hydrogen-bond acceptors (Lipinski definition) is 3. The molecule has 0 aliphatic carbocycles. The van der Waals surface area contributed by atoms with Crippen molar-refractivity contribution in [2.45, 2.75) is 0 Å². The molecule has 6 heteroatoms. The molecule has 1 rings (SSSR count). The molecule has 0 fully saturated rings. The van der Waals surface area contributed by atoms with E-state index in [-0.39, 0.29) is 12.5 Å². The molecule has 0 bridgehead atoms. The van der Waals surface area contributed by atoms with Gasteiger partial charge in [-0.15, -0.1) is 0 Å². The van der Waals surface area contributed by atoms with E-state index in [2.05, 4.69) is 21.2 Å². The molecule has 1 aromatic carbocycles. The molecule has 5 N–H and O–H groups in total. The summed E-state index contributed by atoms with van der Waals surface area (Å²) in [6.45, 7) is -0.180. The second-order valence-electron chi connectivity index (χ2n) is 2.89. The third-order valence-corrected chi connectivity index (χ3v) is 2.37. The third kappa shape index (κ3) is 3.25. The van der Waals surface area contributed by atoms with Gasteiger partial charge in [-0.25, -0.2) is 0 Å². The monoisotopic (exact) mass is 271 g/mol. The zero-order valence-electron chi connectivity index (χ0n) is 7.79. The van der Waals surface area contributed by atoms with Crippen molar-refractivity contribution in [2.75, 3.05) is 12.3 Å². The van der Waals surface area contributed by atoms with Gasteiger partial charge in [-0.1, -0.05) is 0 Å². The average Bonchev–Trinajstić information content (AvgIpc) is 2.18. The van der Waals surface area contributed by atoms with Crippen molar-refractivity contribution in [3.8, 4) is 0 Å². The number of carbonyl (C=O) groups excluding carboxylic acids is 2. The maximum Gasteiger partial charge on any atom is 0.251 e. The number of hydrogen-bond donors (Lipinski definition) is 3. The normalized spacial score (nSPS) is 9.67. The van der Waals surface area contributed by atoms with Crippen LogP contribution in [0.5, 0.6) is 0 Å². The standard InChI is InChI=1S/C9H10BrN3O2/c10-6-3-5(1-2-7(6)11)9(15)13-4-8(12)14/h1-3H,4,11H2,(H2,12,14)(H,13,15). The van der Waals surface area contributed by atoms with Crippen LogP contribution < -0.4 is 16.8 Å². The number of carbonyl (C=O) groups is 2. The average molecular weight is 272 g/mol. The van der Waals surface area contributed by atoms with Gasteiger partial charge >= 0.3 is 0 Å². The lowest BCUT2D eigenvalue weighted by atomic mass is 10.2. The van der Waals surface area contributed by atoms with Crippen molar-refractivity contribution in [3.63, 3.8) is 0 Å². The molecule has 0 unspecified atom stereocenters. The van der Waals surface area contributed by atoms with Crippen molar-refractivity contribution in [2.24, 2.45) is 5.73 Å². The molecule has 0 spiro atoms. The maximum absolute atomic E-state index is 11.4. The molecule has 0 aliphatic rings. The number of rotatable bonds is 3. The molecular formula is C9H10BrN3O2. The van der Waals surface area contributed by atoms with Gasteiger partial charge in [0.15, 0.2) is 0 Å². The van der Waals surface area contributed by atoms with Crippen LogP contribution in [0.2, 0.25) is 0 Å². The summed E-state index contributed by atoms with van der Waals surface area (Å²) < 4.78 is 0.634. The molecule has 80 valence electrons. The molecule has 15 heavy (non-hydrogen) atoms. The topological polar surface area (TPSA) is 98.2 Å². The fourth-order valence-electron chi connectivity index (χ4n) is 0.938. The smallest absolute Gasteiger partial charge is 0.251 e. The summed E-state index contributed by atoms with van der Waals surface area (Å²) in [6.07, 6.45) is 0. The van der Waals surface area contributed by atoms with E-state index < -0.39 is 5.91 Å². The van der Waals surface area contributed by atoms with E-state index in [0.717, 1.165) is 0 Å². The minimum Gasteiger partial charge on any atom is -0.398 e. The van der Waals surface area contributed by atoms with Gasteiger partial charge in [-0.2, -0.15) is 0 Å².